The number of piperidine rings is 1. The normalized spacial score (nSPS) is 18.2. The highest BCUT2D eigenvalue weighted by Gasteiger charge is 2.24. The van der Waals surface area contributed by atoms with E-state index >= 15 is 0 Å². The summed E-state index contributed by atoms with van der Waals surface area (Å²) in [6.07, 6.45) is 6.06. The number of hydrogen-bond donors (Lipinski definition) is 1. The first kappa shape index (κ1) is 15.8. The van der Waals surface area contributed by atoms with Crippen LogP contribution in [0.5, 0.6) is 0 Å². The van der Waals surface area contributed by atoms with Crippen LogP contribution in [0.2, 0.25) is 0 Å². The summed E-state index contributed by atoms with van der Waals surface area (Å²) in [5.74, 6) is 0.433. The lowest BCUT2D eigenvalue weighted by atomic mass is 9.91. The molecule has 0 bridgehead atoms. The highest BCUT2D eigenvalue weighted by Crippen LogP contribution is 2.23. The van der Waals surface area contributed by atoms with Crippen LogP contribution in [0.25, 0.3) is 0 Å². The fourth-order valence-corrected chi connectivity index (χ4v) is 3.30. The number of aromatic nitrogens is 1. The molecule has 1 saturated heterocycles. The van der Waals surface area contributed by atoms with Crippen molar-refractivity contribution in [2.45, 2.75) is 32.6 Å². The molecule has 3 rings (SSSR count). The van der Waals surface area contributed by atoms with Gasteiger partial charge in [0.1, 0.15) is 11.5 Å². The van der Waals surface area contributed by atoms with E-state index in [1.54, 1.807) is 0 Å². The molecule has 1 aromatic heterocycles. The first-order valence-electron chi connectivity index (χ1n) is 8.30. The lowest BCUT2D eigenvalue weighted by Gasteiger charge is -2.32. The number of halogens is 1. The molecular formula is C19H23FN2O. The molecule has 1 amide bonds. The van der Waals surface area contributed by atoms with E-state index in [1.165, 1.54) is 12.1 Å². The molecule has 2 heterocycles. The van der Waals surface area contributed by atoms with Crippen LogP contribution < -0.4 is 0 Å². The fourth-order valence-electron chi connectivity index (χ4n) is 3.30. The van der Waals surface area contributed by atoms with E-state index in [2.05, 4.69) is 4.98 Å². The molecular weight excluding hydrogens is 291 g/mol. The van der Waals surface area contributed by atoms with Gasteiger partial charge in [0.25, 0.3) is 5.91 Å². The minimum atomic E-state index is -0.190. The standard InChI is InChI=1S/C19H23FN2O/c1-14-11-18(21-12-14)19(23)22-10-2-3-16(13-22)5-4-15-6-8-17(20)9-7-15/h6-9,11-12,16,21H,2-5,10,13H2,1H3/t16-/m1/s1. The van der Waals surface area contributed by atoms with Crippen molar-refractivity contribution in [2.24, 2.45) is 5.92 Å². The molecule has 1 N–H and O–H groups in total. The number of nitrogens with one attached hydrogen (secondary N) is 1. The minimum absolute atomic E-state index is 0.101. The van der Waals surface area contributed by atoms with Crippen LogP contribution in [0.4, 0.5) is 4.39 Å². The number of H-pyrrole nitrogens is 1. The van der Waals surface area contributed by atoms with Crippen molar-refractivity contribution >= 4 is 5.91 Å². The van der Waals surface area contributed by atoms with E-state index in [0.717, 1.165) is 49.9 Å². The lowest BCUT2D eigenvalue weighted by Crippen LogP contribution is -2.40. The van der Waals surface area contributed by atoms with Gasteiger partial charge in [-0.25, -0.2) is 4.39 Å². The molecule has 1 fully saturated rings. The Labute approximate surface area is 136 Å². The Kier molecular flexibility index (Phi) is 4.79. The zero-order valence-corrected chi connectivity index (χ0v) is 13.5. The number of carbonyl (C=O) groups is 1. The van der Waals surface area contributed by atoms with Gasteiger partial charge in [-0.15, -0.1) is 0 Å². The maximum Gasteiger partial charge on any atom is 0.270 e. The molecule has 1 atom stereocenters. The Hall–Kier alpha value is -2.10. The number of aryl methyl sites for hydroxylation is 2. The second kappa shape index (κ2) is 6.99. The quantitative estimate of drug-likeness (QED) is 0.911. The fraction of sp³-hybridized carbons (Fsp3) is 0.421. The predicted molar refractivity (Wildman–Crippen MR) is 88.9 cm³/mol. The summed E-state index contributed by atoms with van der Waals surface area (Å²) in [4.78, 5) is 17.5. The molecule has 1 aliphatic rings. The van der Waals surface area contributed by atoms with Crippen LogP contribution in [0, 0.1) is 18.7 Å². The Balaban J connectivity index is 1.55. The van der Waals surface area contributed by atoms with E-state index in [4.69, 9.17) is 0 Å². The number of benzene rings is 1. The number of likely N-dealkylation sites (tertiary alicyclic amines) is 1. The highest BCUT2D eigenvalue weighted by molar-refractivity contribution is 5.92. The van der Waals surface area contributed by atoms with Crippen LogP contribution in [0.3, 0.4) is 0 Å². The Morgan fingerprint density at radius 2 is 2.13 bits per heavy atom. The monoisotopic (exact) mass is 314 g/mol. The van der Waals surface area contributed by atoms with E-state index in [9.17, 15) is 9.18 Å². The average molecular weight is 314 g/mol. The van der Waals surface area contributed by atoms with E-state index in [-0.39, 0.29) is 11.7 Å². The smallest absolute Gasteiger partial charge is 0.270 e. The summed E-state index contributed by atoms with van der Waals surface area (Å²) in [5, 5.41) is 0. The molecule has 1 aliphatic heterocycles. The number of aromatic amines is 1. The van der Waals surface area contributed by atoms with Crippen LogP contribution in [-0.2, 0) is 6.42 Å². The van der Waals surface area contributed by atoms with Gasteiger partial charge in [0.2, 0.25) is 0 Å². The van der Waals surface area contributed by atoms with E-state index < -0.39 is 0 Å². The topological polar surface area (TPSA) is 36.1 Å². The summed E-state index contributed by atoms with van der Waals surface area (Å²) >= 11 is 0. The van der Waals surface area contributed by atoms with Gasteiger partial charge in [-0.2, -0.15) is 0 Å². The average Bonchev–Trinajstić information content (AvgIpc) is 3.00. The van der Waals surface area contributed by atoms with Gasteiger partial charge in [0.15, 0.2) is 0 Å². The third-order valence-corrected chi connectivity index (χ3v) is 4.62. The van der Waals surface area contributed by atoms with Crippen LogP contribution in [-0.4, -0.2) is 28.9 Å². The van der Waals surface area contributed by atoms with Gasteiger partial charge in [-0.1, -0.05) is 12.1 Å². The second-order valence-electron chi connectivity index (χ2n) is 6.52. The maximum absolute atomic E-state index is 12.9. The zero-order chi connectivity index (χ0) is 16.2. The van der Waals surface area contributed by atoms with Crippen molar-refractivity contribution in [2.75, 3.05) is 13.1 Å². The Bertz CT molecular complexity index is 662. The molecule has 23 heavy (non-hydrogen) atoms. The summed E-state index contributed by atoms with van der Waals surface area (Å²) in [7, 11) is 0. The zero-order valence-electron chi connectivity index (χ0n) is 13.5. The molecule has 0 saturated carbocycles. The van der Waals surface area contributed by atoms with Crippen molar-refractivity contribution in [3.63, 3.8) is 0 Å². The lowest BCUT2D eigenvalue weighted by molar-refractivity contribution is 0.0663. The first-order chi connectivity index (χ1) is 11.1. The third kappa shape index (κ3) is 4.01. The molecule has 122 valence electrons. The van der Waals surface area contributed by atoms with Gasteiger partial charge in [0.05, 0.1) is 0 Å². The van der Waals surface area contributed by atoms with Gasteiger partial charge in [-0.05, 0) is 67.9 Å². The van der Waals surface area contributed by atoms with Crippen molar-refractivity contribution in [1.82, 2.24) is 9.88 Å². The number of nitrogens with zero attached hydrogens (tertiary/aromatic N) is 1. The highest BCUT2D eigenvalue weighted by atomic mass is 19.1. The summed E-state index contributed by atoms with van der Waals surface area (Å²) in [6, 6.07) is 8.63. The van der Waals surface area contributed by atoms with Crippen LogP contribution >= 0.6 is 0 Å². The van der Waals surface area contributed by atoms with Crippen LogP contribution in [0.15, 0.2) is 36.5 Å². The van der Waals surface area contributed by atoms with Gasteiger partial charge < -0.3 is 9.88 Å². The summed E-state index contributed by atoms with van der Waals surface area (Å²) in [6.45, 7) is 3.64. The van der Waals surface area contributed by atoms with Crippen molar-refractivity contribution in [3.05, 3.63) is 59.2 Å². The molecule has 0 spiro atoms. The molecule has 0 aliphatic carbocycles. The van der Waals surface area contributed by atoms with Crippen molar-refractivity contribution in [3.8, 4) is 0 Å². The molecule has 0 radical (unpaired) electrons. The predicted octanol–water partition coefficient (Wildman–Crippen LogP) is 3.95. The maximum atomic E-state index is 12.9. The third-order valence-electron chi connectivity index (χ3n) is 4.62. The number of amides is 1. The number of hydrogen-bond acceptors (Lipinski definition) is 1. The van der Waals surface area contributed by atoms with E-state index in [0.29, 0.717) is 11.6 Å². The molecule has 2 aromatic rings. The Morgan fingerprint density at radius 1 is 1.35 bits per heavy atom. The van der Waals surface area contributed by atoms with Gasteiger partial charge in [0, 0.05) is 19.3 Å². The second-order valence-corrected chi connectivity index (χ2v) is 6.52. The molecule has 4 heteroatoms. The summed E-state index contributed by atoms with van der Waals surface area (Å²) < 4.78 is 12.9. The Morgan fingerprint density at radius 3 is 2.83 bits per heavy atom. The summed E-state index contributed by atoms with van der Waals surface area (Å²) in [5.41, 5.74) is 2.93. The van der Waals surface area contributed by atoms with Gasteiger partial charge in [-0.3, -0.25) is 4.79 Å². The number of rotatable bonds is 4. The van der Waals surface area contributed by atoms with Crippen molar-refractivity contribution < 1.29 is 9.18 Å². The molecule has 1 aromatic carbocycles. The molecule has 0 unspecified atom stereocenters. The largest absolute Gasteiger partial charge is 0.357 e. The van der Waals surface area contributed by atoms with Gasteiger partial charge >= 0.3 is 0 Å². The van der Waals surface area contributed by atoms with Crippen LogP contribution in [0.1, 0.15) is 40.9 Å². The SMILES string of the molecule is Cc1c[nH]c(C(=O)N2CCC[C@H](CCc3ccc(F)cc3)C2)c1. The van der Waals surface area contributed by atoms with E-state index in [1.807, 2.05) is 36.2 Å². The molecule has 3 nitrogen and oxygen atoms in total. The minimum Gasteiger partial charge on any atom is -0.357 e. The van der Waals surface area contributed by atoms with Crippen molar-refractivity contribution in [1.29, 1.82) is 0 Å². The number of carbonyl (C=O) groups excluding carboxylic acids is 1. The first-order valence-corrected chi connectivity index (χ1v) is 8.30.